The topological polar surface area (TPSA) is 48.9 Å². The lowest BCUT2D eigenvalue weighted by molar-refractivity contribution is 0.185. The van der Waals surface area contributed by atoms with Crippen molar-refractivity contribution in [2.24, 2.45) is 10.9 Å². The number of halogens is 1. The van der Waals surface area contributed by atoms with Crippen LogP contribution in [0.3, 0.4) is 0 Å². The van der Waals surface area contributed by atoms with E-state index in [4.69, 9.17) is 4.74 Å². The number of nitrogens with one attached hydrogen (secondary N) is 2. The molecule has 148 valence electrons. The molecule has 1 aliphatic rings. The van der Waals surface area contributed by atoms with E-state index in [-0.39, 0.29) is 24.0 Å². The average Bonchev–Trinajstić information content (AvgIpc) is 2.62. The molecule has 5 nitrogen and oxygen atoms in total. The van der Waals surface area contributed by atoms with Crippen molar-refractivity contribution in [3.05, 3.63) is 35.4 Å². The summed E-state index contributed by atoms with van der Waals surface area (Å²) in [5, 5.41) is 6.55. The normalized spacial score (nSPS) is 16.2. The first-order valence-electron chi connectivity index (χ1n) is 9.52. The molecular weight excluding hydrogens is 439 g/mol. The lowest BCUT2D eigenvalue weighted by atomic mass is 9.98. The largest absolute Gasteiger partial charge is 0.383 e. The first-order chi connectivity index (χ1) is 12.2. The summed E-state index contributed by atoms with van der Waals surface area (Å²) in [5.74, 6) is 1.72. The molecule has 0 aromatic heterocycles. The summed E-state index contributed by atoms with van der Waals surface area (Å²) >= 11 is 0. The van der Waals surface area contributed by atoms with Crippen LogP contribution in [0, 0.1) is 5.92 Å². The van der Waals surface area contributed by atoms with Crippen LogP contribution in [0.25, 0.3) is 0 Å². The predicted molar refractivity (Wildman–Crippen MR) is 120 cm³/mol. The van der Waals surface area contributed by atoms with Crippen molar-refractivity contribution >= 4 is 29.9 Å². The summed E-state index contributed by atoms with van der Waals surface area (Å²) in [5.41, 5.74) is 2.64. The number of hydrogen-bond acceptors (Lipinski definition) is 3. The molecule has 2 rings (SSSR count). The molecule has 1 aliphatic heterocycles. The summed E-state index contributed by atoms with van der Waals surface area (Å²) in [4.78, 5) is 7.25. The zero-order chi connectivity index (χ0) is 17.9. The highest BCUT2D eigenvalue weighted by Crippen LogP contribution is 2.18. The van der Waals surface area contributed by atoms with E-state index < -0.39 is 0 Å². The van der Waals surface area contributed by atoms with Gasteiger partial charge in [0, 0.05) is 26.7 Å². The van der Waals surface area contributed by atoms with E-state index in [1.165, 1.54) is 37.1 Å². The minimum absolute atomic E-state index is 0. The van der Waals surface area contributed by atoms with Gasteiger partial charge in [0.1, 0.15) is 0 Å². The molecule has 1 aromatic carbocycles. The van der Waals surface area contributed by atoms with Crippen LogP contribution in [-0.4, -0.2) is 50.8 Å². The van der Waals surface area contributed by atoms with Gasteiger partial charge in [-0.1, -0.05) is 31.2 Å². The zero-order valence-corrected chi connectivity index (χ0v) is 18.8. The van der Waals surface area contributed by atoms with Crippen LogP contribution in [0.1, 0.15) is 37.8 Å². The molecular formula is C20H35IN4O. The number of piperidine rings is 1. The van der Waals surface area contributed by atoms with Crippen LogP contribution in [-0.2, 0) is 17.8 Å². The zero-order valence-electron chi connectivity index (χ0n) is 16.5. The maximum atomic E-state index is 5.08. The summed E-state index contributed by atoms with van der Waals surface area (Å²) in [6.07, 6.45) is 2.65. The van der Waals surface area contributed by atoms with Crippen molar-refractivity contribution in [1.82, 2.24) is 15.5 Å². The van der Waals surface area contributed by atoms with Crippen molar-refractivity contribution < 1.29 is 4.74 Å². The second-order valence-electron chi connectivity index (χ2n) is 6.89. The minimum Gasteiger partial charge on any atom is -0.383 e. The number of benzene rings is 1. The molecule has 1 heterocycles. The van der Waals surface area contributed by atoms with Crippen LogP contribution >= 0.6 is 24.0 Å². The smallest absolute Gasteiger partial charge is 0.191 e. The van der Waals surface area contributed by atoms with Crippen molar-refractivity contribution in [3.63, 3.8) is 0 Å². The molecule has 0 radical (unpaired) electrons. The summed E-state index contributed by atoms with van der Waals surface area (Å²) in [6, 6.07) is 8.83. The molecule has 0 unspecified atom stereocenters. The SMILES string of the molecule is CCNC(=NCc1cccc(CN2CCC(C)CC2)c1)NCCOC.I. The van der Waals surface area contributed by atoms with E-state index in [1.54, 1.807) is 7.11 Å². The van der Waals surface area contributed by atoms with Gasteiger partial charge in [0.2, 0.25) is 0 Å². The third kappa shape index (κ3) is 8.68. The van der Waals surface area contributed by atoms with Gasteiger partial charge in [-0.2, -0.15) is 0 Å². The van der Waals surface area contributed by atoms with E-state index in [9.17, 15) is 0 Å². The molecule has 0 spiro atoms. The van der Waals surface area contributed by atoms with Gasteiger partial charge in [0.15, 0.2) is 5.96 Å². The van der Waals surface area contributed by atoms with Crippen LogP contribution in [0.5, 0.6) is 0 Å². The Kier molecular flexibility index (Phi) is 11.9. The highest BCUT2D eigenvalue weighted by Gasteiger charge is 2.15. The monoisotopic (exact) mass is 474 g/mol. The van der Waals surface area contributed by atoms with Crippen molar-refractivity contribution in [2.75, 3.05) is 39.9 Å². The van der Waals surface area contributed by atoms with Gasteiger partial charge >= 0.3 is 0 Å². The molecule has 0 saturated carbocycles. The van der Waals surface area contributed by atoms with Crippen molar-refractivity contribution in [1.29, 1.82) is 0 Å². The third-order valence-electron chi connectivity index (χ3n) is 4.64. The standard InChI is InChI=1S/C20H34N4O.HI/c1-4-21-20(22-10-13-25-3)23-15-18-6-5-7-19(14-18)16-24-11-8-17(2)9-12-24;/h5-7,14,17H,4,8-13,15-16H2,1-3H3,(H2,21,22,23);1H. The lowest BCUT2D eigenvalue weighted by Crippen LogP contribution is -2.38. The summed E-state index contributed by atoms with van der Waals surface area (Å²) < 4.78 is 5.08. The molecule has 0 amide bonds. The third-order valence-corrected chi connectivity index (χ3v) is 4.64. The second-order valence-corrected chi connectivity index (χ2v) is 6.89. The Balaban J connectivity index is 0.00000338. The molecule has 1 fully saturated rings. The van der Waals surface area contributed by atoms with Crippen molar-refractivity contribution in [2.45, 2.75) is 39.8 Å². The molecule has 0 aliphatic carbocycles. The average molecular weight is 474 g/mol. The number of aliphatic imine (C=N–C) groups is 1. The fraction of sp³-hybridized carbons (Fsp3) is 0.650. The summed E-state index contributed by atoms with van der Waals surface area (Å²) in [7, 11) is 1.71. The van der Waals surface area contributed by atoms with Gasteiger partial charge in [0.25, 0.3) is 0 Å². The Bertz CT molecular complexity index is 530. The second kappa shape index (κ2) is 13.3. The Morgan fingerprint density at radius 3 is 2.65 bits per heavy atom. The van der Waals surface area contributed by atoms with E-state index in [2.05, 4.69) is 58.6 Å². The first kappa shape index (κ1) is 23.2. The maximum absolute atomic E-state index is 5.08. The first-order valence-corrected chi connectivity index (χ1v) is 9.52. The van der Waals surface area contributed by atoms with Crippen LogP contribution in [0.2, 0.25) is 0 Å². The molecule has 1 saturated heterocycles. The number of guanidine groups is 1. The number of ether oxygens (including phenoxy) is 1. The van der Waals surface area contributed by atoms with Gasteiger partial charge in [0.05, 0.1) is 13.2 Å². The number of nitrogens with zero attached hydrogens (tertiary/aromatic N) is 2. The highest BCUT2D eigenvalue weighted by atomic mass is 127. The molecule has 6 heteroatoms. The molecule has 26 heavy (non-hydrogen) atoms. The number of methoxy groups -OCH3 is 1. The maximum Gasteiger partial charge on any atom is 0.191 e. The minimum atomic E-state index is 0. The Labute approximate surface area is 176 Å². The number of rotatable bonds is 8. The number of hydrogen-bond donors (Lipinski definition) is 2. The van der Waals surface area contributed by atoms with Crippen molar-refractivity contribution in [3.8, 4) is 0 Å². The lowest BCUT2D eigenvalue weighted by Gasteiger charge is -2.30. The fourth-order valence-corrected chi connectivity index (χ4v) is 3.09. The fourth-order valence-electron chi connectivity index (χ4n) is 3.09. The quantitative estimate of drug-likeness (QED) is 0.263. The Morgan fingerprint density at radius 2 is 1.96 bits per heavy atom. The van der Waals surface area contributed by atoms with Crippen LogP contribution < -0.4 is 10.6 Å². The van der Waals surface area contributed by atoms with Gasteiger partial charge in [-0.05, 0) is 49.9 Å². The van der Waals surface area contributed by atoms with E-state index in [1.807, 2.05) is 0 Å². The van der Waals surface area contributed by atoms with Gasteiger partial charge in [-0.15, -0.1) is 24.0 Å². The van der Waals surface area contributed by atoms with Crippen LogP contribution in [0.15, 0.2) is 29.3 Å². The van der Waals surface area contributed by atoms with Gasteiger partial charge in [-0.25, -0.2) is 4.99 Å². The molecule has 0 atom stereocenters. The Morgan fingerprint density at radius 1 is 1.23 bits per heavy atom. The van der Waals surface area contributed by atoms with Gasteiger partial charge in [-0.3, -0.25) is 4.90 Å². The number of likely N-dealkylation sites (tertiary alicyclic amines) is 1. The summed E-state index contributed by atoms with van der Waals surface area (Å²) in [6.45, 7) is 10.9. The highest BCUT2D eigenvalue weighted by molar-refractivity contribution is 14.0. The Hall–Kier alpha value is -0.860. The molecule has 0 bridgehead atoms. The molecule has 2 N–H and O–H groups in total. The van der Waals surface area contributed by atoms with E-state index in [0.717, 1.165) is 31.5 Å². The predicted octanol–water partition coefficient (Wildman–Crippen LogP) is 3.24. The van der Waals surface area contributed by atoms with E-state index >= 15 is 0 Å². The van der Waals surface area contributed by atoms with E-state index in [0.29, 0.717) is 13.2 Å². The van der Waals surface area contributed by atoms with Crippen LogP contribution in [0.4, 0.5) is 0 Å². The van der Waals surface area contributed by atoms with Gasteiger partial charge < -0.3 is 15.4 Å². The molecule has 1 aromatic rings.